The molecule has 0 radical (unpaired) electrons. The second kappa shape index (κ2) is 14.0. The van der Waals surface area contributed by atoms with Crippen LogP contribution < -0.4 is 0 Å². The van der Waals surface area contributed by atoms with Gasteiger partial charge in [0.05, 0.1) is 12.8 Å². The number of hydrogen-bond donors (Lipinski definition) is 5. The fourth-order valence-corrected chi connectivity index (χ4v) is 4.44. The number of phenolic OH excluding ortho intramolecular Hbond substituents is 1. The smallest absolute Gasteiger partial charge is 0.336 e. The summed E-state index contributed by atoms with van der Waals surface area (Å²) in [6.07, 6.45) is 1.41. The summed E-state index contributed by atoms with van der Waals surface area (Å²) in [4.78, 5) is 33.1. The predicted octanol–water partition coefficient (Wildman–Crippen LogP) is 2.35. The molecule has 0 saturated carbocycles. The van der Waals surface area contributed by atoms with E-state index < -0.39 is 36.4 Å². The van der Waals surface area contributed by atoms with Crippen molar-refractivity contribution in [2.45, 2.75) is 70.8 Å². The maximum Gasteiger partial charge on any atom is 0.336 e. The Kier molecular flexibility index (Phi) is 12.9. The Bertz CT molecular complexity index is 824. The van der Waals surface area contributed by atoms with Crippen molar-refractivity contribution in [3.05, 3.63) is 29.8 Å². The molecule has 1 unspecified atom stereocenters. The maximum atomic E-state index is 10.3. The first-order valence-electron chi connectivity index (χ1n) is 11.6. The molecule has 0 aromatic heterocycles. The molecule has 0 spiro atoms. The summed E-state index contributed by atoms with van der Waals surface area (Å²) >= 11 is 0. The minimum Gasteiger partial charge on any atom is -0.508 e. The lowest BCUT2D eigenvalue weighted by molar-refractivity contribution is -0.170. The van der Waals surface area contributed by atoms with Gasteiger partial charge in [-0.25, -0.2) is 4.79 Å². The molecule has 1 aliphatic rings. The van der Waals surface area contributed by atoms with Crippen LogP contribution in [0.15, 0.2) is 24.3 Å². The SMILES string of the molecule is CC(C)CCN1CCC(CC(C)C)(c2cccc(O)c2)C1.O.O=C(O)CC(O)(CC(=O)O)C(=O)O. The van der Waals surface area contributed by atoms with E-state index in [2.05, 4.69) is 38.7 Å². The molecule has 1 fully saturated rings. The van der Waals surface area contributed by atoms with Crippen molar-refractivity contribution in [1.29, 1.82) is 0 Å². The minimum absolute atomic E-state index is 0. The number of aliphatic hydroxyl groups is 1. The van der Waals surface area contributed by atoms with Gasteiger partial charge in [0.1, 0.15) is 5.75 Å². The number of aliphatic carboxylic acids is 3. The van der Waals surface area contributed by atoms with E-state index in [1.54, 1.807) is 6.07 Å². The van der Waals surface area contributed by atoms with Crippen molar-refractivity contribution in [3.8, 4) is 5.75 Å². The third kappa shape index (κ3) is 10.6. The largest absolute Gasteiger partial charge is 0.508 e. The molecule has 0 amide bonds. The van der Waals surface area contributed by atoms with Crippen molar-refractivity contribution in [2.75, 3.05) is 19.6 Å². The Labute approximate surface area is 206 Å². The summed E-state index contributed by atoms with van der Waals surface area (Å²) in [7, 11) is 0. The summed E-state index contributed by atoms with van der Waals surface area (Å²) in [6.45, 7) is 12.7. The van der Waals surface area contributed by atoms with Gasteiger partial charge < -0.3 is 35.9 Å². The molecule has 1 atom stereocenters. The Morgan fingerprint density at radius 2 is 1.60 bits per heavy atom. The number of nitrogens with zero attached hydrogens (tertiary/aromatic N) is 1. The second-order valence-corrected chi connectivity index (χ2v) is 10.1. The van der Waals surface area contributed by atoms with E-state index in [4.69, 9.17) is 20.4 Å². The third-order valence-electron chi connectivity index (χ3n) is 6.00. The van der Waals surface area contributed by atoms with Crippen LogP contribution in [0.3, 0.4) is 0 Å². The normalized spacial score (nSPS) is 18.0. The standard InChI is InChI=1S/C19H31NO.C6H8O7.H2O/c1-15(2)8-10-20-11-9-19(14-20,13-16(3)4)17-6-5-7-18(21)12-17;7-3(8)1-6(13,5(11)12)2-4(9)10;/h5-7,12,15-16,21H,8-11,13-14H2,1-4H3;13H,1-2H2,(H,7,8)(H,9,10)(H,11,12);1H2. The molecule has 1 aliphatic heterocycles. The van der Waals surface area contributed by atoms with Crippen LogP contribution >= 0.6 is 0 Å². The van der Waals surface area contributed by atoms with Gasteiger partial charge in [-0.3, -0.25) is 9.59 Å². The zero-order chi connectivity index (χ0) is 26.1. The zero-order valence-electron chi connectivity index (χ0n) is 21.0. The molecule has 0 aliphatic carbocycles. The highest BCUT2D eigenvalue weighted by Gasteiger charge is 2.41. The number of carbonyl (C=O) groups is 3. The summed E-state index contributed by atoms with van der Waals surface area (Å²) in [5.41, 5.74) is -1.19. The molecule has 7 N–H and O–H groups in total. The van der Waals surface area contributed by atoms with Crippen LogP contribution in [0.4, 0.5) is 0 Å². The Morgan fingerprint density at radius 1 is 1.03 bits per heavy atom. The molecule has 0 bridgehead atoms. The van der Waals surface area contributed by atoms with Gasteiger partial charge in [0.15, 0.2) is 5.60 Å². The number of phenols is 1. The van der Waals surface area contributed by atoms with E-state index in [9.17, 15) is 19.5 Å². The van der Waals surface area contributed by atoms with Gasteiger partial charge in [0.25, 0.3) is 0 Å². The van der Waals surface area contributed by atoms with E-state index in [-0.39, 0.29) is 10.9 Å². The van der Waals surface area contributed by atoms with Crippen LogP contribution in [-0.4, -0.2) is 79.1 Å². The number of likely N-dealkylation sites (tertiary alicyclic amines) is 1. The van der Waals surface area contributed by atoms with Crippen molar-refractivity contribution in [1.82, 2.24) is 4.90 Å². The van der Waals surface area contributed by atoms with Crippen LogP contribution in [0.5, 0.6) is 5.75 Å². The molecule has 10 heteroatoms. The van der Waals surface area contributed by atoms with Crippen molar-refractivity contribution in [3.63, 3.8) is 0 Å². The lowest BCUT2D eigenvalue weighted by atomic mass is 9.73. The first kappa shape index (κ1) is 32.3. The van der Waals surface area contributed by atoms with E-state index >= 15 is 0 Å². The molecule has 35 heavy (non-hydrogen) atoms. The first-order chi connectivity index (χ1) is 15.7. The summed E-state index contributed by atoms with van der Waals surface area (Å²) in [5.74, 6) is -3.17. The molecule has 2 rings (SSSR count). The van der Waals surface area contributed by atoms with Crippen LogP contribution in [0.2, 0.25) is 0 Å². The lowest BCUT2D eigenvalue weighted by Crippen LogP contribution is -2.42. The summed E-state index contributed by atoms with van der Waals surface area (Å²) in [5, 5.41) is 43.7. The first-order valence-corrected chi connectivity index (χ1v) is 11.6. The maximum absolute atomic E-state index is 10.3. The van der Waals surface area contributed by atoms with Crippen molar-refractivity contribution in [2.24, 2.45) is 11.8 Å². The topological polar surface area (TPSA) is 187 Å². The van der Waals surface area contributed by atoms with Gasteiger partial charge in [-0.2, -0.15) is 0 Å². The average molecular weight is 500 g/mol. The van der Waals surface area contributed by atoms with E-state index in [0.29, 0.717) is 11.7 Å². The summed E-state index contributed by atoms with van der Waals surface area (Å²) < 4.78 is 0. The van der Waals surface area contributed by atoms with Crippen LogP contribution in [0.25, 0.3) is 0 Å². The third-order valence-corrected chi connectivity index (χ3v) is 6.00. The Balaban J connectivity index is 0.000000720. The number of aromatic hydroxyl groups is 1. The Hall–Kier alpha value is -2.69. The van der Waals surface area contributed by atoms with E-state index in [0.717, 1.165) is 12.5 Å². The summed E-state index contributed by atoms with van der Waals surface area (Å²) in [6, 6.07) is 7.95. The highest BCUT2D eigenvalue weighted by Crippen LogP contribution is 2.41. The van der Waals surface area contributed by atoms with Crippen LogP contribution in [0.1, 0.15) is 65.4 Å². The van der Waals surface area contributed by atoms with Crippen molar-refractivity contribution < 1.29 is 45.4 Å². The van der Waals surface area contributed by atoms with Gasteiger partial charge >= 0.3 is 17.9 Å². The second-order valence-electron chi connectivity index (χ2n) is 10.1. The van der Waals surface area contributed by atoms with Gasteiger partial charge in [-0.1, -0.05) is 39.8 Å². The molecular formula is C25H41NO9. The lowest BCUT2D eigenvalue weighted by Gasteiger charge is -2.32. The molecule has 10 nitrogen and oxygen atoms in total. The number of carboxylic acid groups (broad SMARTS) is 3. The molecule has 1 saturated heterocycles. The molecule has 200 valence electrons. The van der Waals surface area contributed by atoms with E-state index in [1.165, 1.54) is 37.9 Å². The molecule has 1 aromatic rings. The highest BCUT2D eigenvalue weighted by molar-refractivity contribution is 5.88. The average Bonchev–Trinajstić information content (AvgIpc) is 3.09. The van der Waals surface area contributed by atoms with Crippen molar-refractivity contribution >= 4 is 17.9 Å². The molecule has 1 aromatic carbocycles. The van der Waals surface area contributed by atoms with Gasteiger partial charge in [-0.15, -0.1) is 0 Å². The zero-order valence-corrected chi connectivity index (χ0v) is 21.0. The number of carboxylic acids is 3. The molecule has 1 heterocycles. The number of rotatable bonds is 11. The Morgan fingerprint density at radius 3 is 2.03 bits per heavy atom. The monoisotopic (exact) mass is 499 g/mol. The fraction of sp³-hybridized carbons (Fsp3) is 0.640. The van der Waals surface area contributed by atoms with Crippen LogP contribution in [0, 0.1) is 11.8 Å². The van der Waals surface area contributed by atoms with E-state index in [1.807, 2.05) is 12.1 Å². The van der Waals surface area contributed by atoms with Gasteiger partial charge in [0.2, 0.25) is 0 Å². The predicted molar refractivity (Wildman–Crippen MR) is 130 cm³/mol. The van der Waals surface area contributed by atoms with Gasteiger partial charge in [0, 0.05) is 12.0 Å². The number of benzene rings is 1. The van der Waals surface area contributed by atoms with Gasteiger partial charge in [-0.05, 0) is 61.9 Å². The number of hydrogen-bond acceptors (Lipinski definition) is 6. The quantitative estimate of drug-likeness (QED) is 0.304. The molecular weight excluding hydrogens is 458 g/mol. The highest BCUT2D eigenvalue weighted by atomic mass is 16.4. The fourth-order valence-electron chi connectivity index (χ4n) is 4.44. The minimum atomic E-state index is -2.74. The van der Waals surface area contributed by atoms with Crippen LogP contribution in [-0.2, 0) is 19.8 Å².